The van der Waals surface area contributed by atoms with Crippen LogP contribution in [0.25, 0.3) is 0 Å². The number of hydrogen-bond donors (Lipinski definition) is 2. The lowest BCUT2D eigenvalue weighted by Gasteiger charge is -2.46. The number of carbonyl (C=O) groups is 1. The van der Waals surface area contributed by atoms with Gasteiger partial charge in [-0.3, -0.25) is 4.79 Å². The maximum absolute atomic E-state index is 13.7. The maximum atomic E-state index is 13.7. The highest BCUT2D eigenvalue weighted by molar-refractivity contribution is 5.76. The summed E-state index contributed by atoms with van der Waals surface area (Å²) in [6.07, 6.45) is -20.2. The number of aliphatic carboxylic acids is 1. The van der Waals surface area contributed by atoms with Crippen molar-refractivity contribution >= 4 is 5.97 Å². The molecule has 0 spiro atoms. The average Bonchev–Trinajstić information content (AvgIpc) is 3.03. The number of rotatable bonds is 5. The molecule has 0 aliphatic heterocycles. The molecule has 12 heteroatoms. The van der Waals surface area contributed by atoms with E-state index in [0.717, 1.165) is 6.92 Å². The van der Waals surface area contributed by atoms with Crippen LogP contribution in [0.4, 0.5) is 39.5 Å². The van der Waals surface area contributed by atoms with Crippen molar-refractivity contribution in [1.82, 2.24) is 0 Å². The van der Waals surface area contributed by atoms with Crippen molar-refractivity contribution in [3.63, 3.8) is 0 Å². The van der Waals surface area contributed by atoms with Gasteiger partial charge < -0.3 is 10.2 Å². The number of carboxylic acid groups (broad SMARTS) is 1. The Morgan fingerprint density at radius 3 is 1.72 bits per heavy atom. The van der Waals surface area contributed by atoms with E-state index in [1.807, 2.05) is 0 Å². The Kier molecular flexibility index (Phi) is 5.74. The van der Waals surface area contributed by atoms with E-state index in [1.54, 1.807) is 0 Å². The van der Waals surface area contributed by atoms with Gasteiger partial charge in [-0.05, 0) is 55.3 Å². The van der Waals surface area contributed by atoms with E-state index in [2.05, 4.69) is 0 Å². The third-order valence-electron chi connectivity index (χ3n) is 7.05. The molecule has 29 heavy (non-hydrogen) atoms. The molecule has 2 N–H and O–H groups in total. The molecule has 2 aliphatic rings. The van der Waals surface area contributed by atoms with Crippen molar-refractivity contribution < 1.29 is 54.5 Å². The zero-order valence-corrected chi connectivity index (χ0v) is 15.4. The van der Waals surface area contributed by atoms with E-state index in [1.165, 1.54) is 6.92 Å². The van der Waals surface area contributed by atoms with Gasteiger partial charge in [0.15, 0.2) is 5.41 Å². The van der Waals surface area contributed by atoms with Crippen LogP contribution in [0, 0.1) is 35.0 Å². The second-order valence-corrected chi connectivity index (χ2v) is 8.23. The van der Waals surface area contributed by atoms with E-state index in [4.69, 9.17) is 0 Å². The third-order valence-corrected chi connectivity index (χ3v) is 7.05. The molecule has 170 valence electrons. The Morgan fingerprint density at radius 1 is 0.931 bits per heavy atom. The van der Waals surface area contributed by atoms with Gasteiger partial charge in [0.1, 0.15) is 0 Å². The van der Waals surface area contributed by atoms with Gasteiger partial charge in [-0.15, -0.1) is 0 Å². The van der Waals surface area contributed by atoms with Crippen molar-refractivity contribution in [2.45, 2.75) is 63.7 Å². The van der Waals surface area contributed by atoms with Crippen LogP contribution in [-0.2, 0) is 4.79 Å². The maximum Gasteiger partial charge on any atom is 0.426 e. The van der Waals surface area contributed by atoms with Crippen LogP contribution in [-0.4, -0.2) is 40.3 Å². The quantitative estimate of drug-likeness (QED) is 0.575. The normalized spacial score (nSPS) is 33.0. The average molecular weight is 444 g/mol. The van der Waals surface area contributed by atoms with Crippen LogP contribution in [0.3, 0.4) is 0 Å². The minimum absolute atomic E-state index is 0.104. The molecule has 0 amide bonds. The molecule has 0 aromatic heterocycles. The first-order valence-corrected chi connectivity index (χ1v) is 9.01. The Bertz CT molecular complexity index is 624. The largest absolute Gasteiger partial charge is 0.481 e. The summed E-state index contributed by atoms with van der Waals surface area (Å²) in [6.45, 7) is 2.28. The molecule has 0 heterocycles. The molecule has 0 saturated heterocycles. The summed E-state index contributed by atoms with van der Waals surface area (Å²) < 4.78 is 119. The number of carboxylic acids is 1. The summed E-state index contributed by atoms with van der Waals surface area (Å²) >= 11 is 0. The van der Waals surface area contributed by atoms with Gasteiger partial charge in [-0.2, -0.15) is 39.5 Å². The predicted octanol–water partition coefficient (Wildman–Crippen LogP) is 5.18. The molecule has 0 aromatic carbocycles. The molecule has 2 bridgehead atoms. The fraction of sp³-hybridized carbons (Fsp3) is 0.941. The minimum atomic E-state index is -6.00. The fourth-order valence-corrected chi connectivity index (χ4v) is 5.73. The predicted molar refractivity (Wildman–Crippen MR) is 80.4 cm³/mol. The SMILES string of the molecule is CCC(C(=O)O)(C1C2CC(CC(O)(C(F)(F)F)C(F)(F)F)C(C2)C1C)C(F)(F)F. The van der Waals surface area contributed by atoms with E-state index < -0.39 is 84.4 Å². The number of halogens is 9. The Morgan fingerprint density at radius 2 is 1.41 bits per heavy atom. The molecule has 2 saturated carbocycles. The van der Waals surface area contributed by atoms with Gasteiger partial charge >= 0.3 is 24.5 Å². The zero-order valence-electron chi connectivity index (χ0n) is 15.4. The first-order chi connectivity index (χ1) is 12.8. The lowest BCUT2D eigenvalue weighted by Crippen LogP contribution is -2.59. The Balaban J connectivity index is 2.36. The van der Waals surface area contributed by atoms with Crippen LogP contribution in [0.15, 0.2) is 0 Å². The van der Waals surface area contributed by atoms with Crippen LogP contribution < -0.4 is 0 Å². The van der Waals surface area contributed by atoms with Gasteiger partial charge in [-0.1, -0.05) is 13.8 Å². The highest BCUT2D eigenvalue weighted by Gasteiger charge is 2.74. The Hall–Kier alpha value is -1.20. The lowest BCUT2D eigenvalue weighted by molar-refractivity contribution is -0.373. The third kappa shape index (κ3) is 3.38. The van der Waals surface area contributed by atoms with Crippen molar-refractivity contribution in [1.29, 1.82) is 0 Å². The van der Waals surface area contributed by atoms with Crippen LogP contribution >= 0.6 is 0 Å². The first kappa shape index (κ1) is 24.1. The summed E-state index contributed by atoms with van der Waals surface area (Å²) in [4.78, 5) is 11.6. The van der Waals surface area contributed by atoms with Gasteiger partial charge in [0.25, 0.3) is 5.60 Å². The van der Waals surface area contributed by atoms with Gasteiger partial charge in [0, 0.05) is 0 Å². The van der Waals surface area contributed by atoms with E-state index in [0.29, 0.717) is 0 Å². The summed E-state index contributed by atoms with van der Waals surface area (Å²) in [5.74, 6) is -7.93. The first-order valence-electron chi connectivity index (χ1n) is 9.01. The summed E-state index contributed by atoms with van der Waals surface area (Å²) in [5.41, 5.74) is -8.09. The monoisotopic (exact) mass is 444 g/mol. The summed E-state index contributed by atoms with van der Waals surface area (Å²) in [5, 5.41) is 18.8. The number of aliphatic hydroxyl groups is 1. The van der Waals surface area contributed by atoms with E-state index in [9.17, 15) is 54.5 Å². The molecule has 6 atom stereocenters. The second-order valence-electron chi connectivity index (χ2n) is 8.23. The topological polar surface area (TPSA) is 57.5 Å². The summed E-state index contributed by atoms with van der Waals surface area (Å²) in [7, 11) is 0. The van der Waals surface area contributed by atoms with Gasteiger partial charge in [-0.25, -0.2) is 0 Å². The standard InChI is InChI=1S/C17H21F9O3/c1-3-13(12(27)28,15(18,19)20)11-7(2)10-5-8(11)4-9(10)6-14(29,16(21,22)23)17(24,25)26/h7-11,29H,3-6H2,1-2H3,(H,27,28). The van der Waals surface area contributed by atoms with Crippen LogP contribution in [0.5, 0.6) is 0 Å². The van der Waals surface area contributed by atoms with E-state index in [-0.39, 0.29) is 6.42 Å². The van der Waals surface area contributed by atoms with Crippen molar-refractivity contribution in [3.05, 3.63) is 0 Å². The highest BCUT2D eigenvalue weighted by Crippen LogP contribution is 2.66. The molecule has 2 rings (SSSR count). The van der Waals surface area contributed by atoms with Crippen molar-refractivity contribution in [2.24, 2.45) is 35.0 Å². The molecule has 0 aromatic rings. The molecule has 6 unspecified atom stereocenters. The highest BCUT2D eigenvalue weighted by atomic mass is 19.4. The number of fused-ring (bicyclic) bond motifs is 2. The number of alkyl halides is 9. The molecule has 3 nitrogen and oxygen atoms in total. The van der Waals surface area contributed by atoms with Crippen molar-refractivity contribution in [3.8, 4) is 0 Å². The smallest absolute Gasteiger partial charge is 0.426 e. The molecule has 0 radical (unpaired) electrons. The minimum Gasteiger partial charge on any atom is -0.481 e. The fourth-order valence-electron chi connectivity index (χ4n) is 5.73. The lowest BCUT2D eigenvalue weighted by atomic mass is 9.59. The molecular weight excluding hydrogens is 423 g/mol. The van der Waals surface area contributed by atoms with E-state index >= 15 is 0 Å². The molecular formula is C17H21F9O3. The van der Waals surface area contributed by atoms with Gasteiger partial charge in [0.05, 0.1) is 0 Å². The van der Waals surface area contributed by atoms with Crippen LogP contribution in [0.2, 0.25) is 0 Å². The summed E-state index contributed by atoms with van der Waals surface area (Å²) in [6, 6.07) is 0. The van der Waals surface area contributed by atoms with Crippen molar-refractivity contribution in [2.75, 3.05) is 0 Å². The zero-order chi connectivity index (χ0) is 22.8. The van der Waals surface area contributed by atoms with Gasteiger partial charge in [0.2, 0.25) is 0 Å². The molecule has 2 fully saturated rings. The second kappa shape index (κ2) is 6.91. The Labute approximate surface area is 160 Å². The molecule has 2 aliphatic carbocycles. The van der Waals surface area contributed by atoms with Crippen LogP contribution in [0.1, 0.15) is 39.5 Å². The number of hydrogen-bond acceptors (Lipinski definition) is 2.